The van der Waals surface area contributed by atoms with E-state index in [2.05, 4.69) is 0 Å². The number of esters is 1. The van der Waals surface area contributed by atoms with Crippen molar-refractivity contribution in [2.45, 2.75) is 20.3 Å². The number of hydrogen-bond acceptors (Lipinski definition) is 3. The van der Waals surface area contributed by atoms with Gasteiger partial charge in [-0.1, -0.05) is 18.2 Å². The molecule has 0 saturated heterocycles. The number of carboxylic acid groups (broad SMARTS) is 1. The Morgan fingerprint density at radius 1 is 1.39 bits per heavy atom. The third kappa shape index (κ3) is 2.85. The fraction of sp³-hybridized carbons (Fsp3) is 0.385. The van der Waals surface area contributed by atoms with Gasteiger partial charge in [0.05, 0.1) is 6.61 Å². The molecule has 0 spiro atoms. The molecule has 0 saturated carbocycles. The Balaban J connectivity index is 3.04. The van der Waals surface area contributed by atoms with Gasteiger partial charge in [0.2, 0.25) is 0 Å². The van der Waals surface area contributed by atoms with Crippen molar-refractivity contribution < 1.29 is 23.8 Å². The van der Waals surface area contributed by atoms with Gasteiger partial charge in [0, 0.05) is 6.42 Å². The number of carboxylic acids is 1. The van der Waals surface area contributed by atoms with Gasteiger partial charge in [-0.3, -0.25) is 9.59 Å². The lowest BCUT2D eigenvalue weighted by molar-refractivity contribution is -0.167. The number of carbonyl (C=O) groups excluding carboxylic acids is 1. The molecule has 0 radical (unpaired) electrons. The van der Waals surface area contributed by atoms with Crippen LogP contribution < -0.4 is 0 Å². The Hall–Kier alpha value is -1.91. The molecule has 1 atom stereocenters. The van der Waals surface area contributed by atoms with E-state index < -0.39 is 23.2 Å². The van der Waals surface area contributed by atoms with E-state index in [1.165, 1.54) is 25.1 Å². The maximum absolute atomic E-state index is 13.5. The molecule has 0 aliphatic rings. The Morgan fingerprint density at radius 3 is 2.50 bits per heavy atom. The number of rotatable bonds is 5. The highest BCUT2D eigenvalue weighted by Crippen LogP contribution is 2.26. The molecule has 1 rings (SSSR count). The molecule has 0 aliphatic carbocycles. The van der Waals surface area contributed by atoms with Crippen LogP contribution in [0.4, 0.5) is 4.39 Å². The summed E-state index contributed by atoms with van der Waals surface area (Å²) >= 11 is 0. The molecular weight excluding hydrogens is 239 g/mol. The molecule has 1 N–H and O–H groups in total. The Bertz CT molecular complexity index is 458. The predicted octanol–water partition coefficient (Wildman–Crippen LogP) is 2.02. The maximum Gasteiger partial charge on any atom is 0.323 e. The van der Waals surface area contributed by atoms with Crippen LogP contribution in [0.15, 0.2) is 24.3 Å². The molecule has 4 nitrogen and oxygen atoms in total. The highest BCUT2D eigenvalue weighted by molar-refractivity contribution is 5.99. The van der Waals surface area contributed by atoms with Gasteiger partial charge in [-0.05, 0) is 25.5 Å². The predicted molar refractivity (Wildman–Crippen MR) is 62.5 cm³/mol. The first-order chi connectivity index (χ1) is 8.41. The summed E-state index contributed by atoms with van der Waals surface area (Å²) in [6.45, 7) is 2.90. The minimum atomic E-state index is -1.78. The summed E-state index contributed by atoms with van der Waals surface area (Å²) < 4.78 is 18.2. The third-order valence-corrected chi connectivity index (χ3v) is 2.70. The highest BCUT2D eigenvalue weighted by atomic mass is 19.1. The number of aliphatic carboxylic acids is 1. The van der Waals surface area contributed by atoms with Gasteiger partial charge in [-0.15, -0.1) is 0 Å². The summed E-state index contributed by atoms with van der Waals surface area (Å²) in [5, 5.41) is 9.16. The molecule has 0 bridgehead atoms. The number of hydrogen-bond donors (Lipinski definition) is 1. The van der Waals surface area contributed by atoms with Crippen molar-refractivity contribution in [2.24, 2.45) is 5.41 Å². The minimum Gasteiger partial charge on any atom is -0.480 e. The van der Waals surface area contributed by atoms with Gasteiger partial charge in [0.1, 0.15) is 5.82 Å². The fourth-order valence-corrected chi connectivity index (χ4v) is 1.55. The zero-order chi connectivity index (χ0) is 13.8. The van der Waals surface area contributed by atoms with Crippen molar-refractivity contribution in [1.82, 2.24) is 0 Å². The van der Waals surface area contributed by atoms with E-state index in [1.54, 1.807) is 13.0 Å². The monoisotopic (exact) mass is 254 g/mol. The van der Waals surface area contributed by atoms with Gasteiger partial charge in [0.25, 0.3) is 0 Å². The van der Waals surface area contributed by atoms with Crippen molar-refractivity contribution in [1.29, 1.82) is 0 Å². The van der Waals surface area contributed by atoms with Crippen LogP contribution in [-0.4, -0.2) is 23.7 Å². The largest absolute Gasteiger partial charge is 0.480 e. The minimum absolute atomic E-state index is 0.0823. The maximum atomic E-state index is 13.5. The third-order valence-electron chi connectivity index (χ3n) is 2.70. The number of ether oxygens (including phenoxy) is 1. The molecular formula is C13H15FO4. The molecule has 0 amide bonds. The Kier molecular flexibility index (Phi) is 4.42. The van der Waals surface area contributed by atoms with Gasteiger partial charge in [-0.2, -0.15) is 0 Å². The van der Waals surface area contributed by atoms with E-state index in [1.807, 2.05) is 0 Å². The van der Waals surface area contributed by atoms with E-state index in [-0.39, 0.29) is 18.6 Å². The SMILES string of the molecule is CCOC(=O)C(C)(Cc1ccccc1F)C(=O)O. The van der Waals surface area contributed by atoms with Crippen LogP contribution in [-0.2, 0) is 20.7 Å². The normalized spacial score (nSPS) is 13.7. The molecule has 0 aromatic heterocycles. The molecule has 1 aromatic rings. The van der Waals surface area contributed by atoms with Gasteiger partial charge < -0.3 is 9.84 Å². The fourth-order valence-electron chi connectivity index (χ4n) is 1.55. The smallest absolute Gasteiger partial charge is 0.323 e. The van der Waals surface area contributed by atoms with E-state index >= 15 is 0 Å². The molecule has 0 aliphatic heterocycles. The van der Waals surface area contributed by atoms with Gasteiger partial charge in [0.15, 0.2) is 5.41 Å². The van der Waals surface area contributed by atoms with Crippen molar-refractivity contribution in [3.63, 3.8) is 0 Å². The van der Waals surface area contributed by atoms with Crippen molar-refractivity contribution >= 4 is 11.9 Å². The average molecular weight is 254 g/mol. The molecule has 0 fully saturated rings. The summed E-state index contributed by atoms with van der Waals surface area (Å²) in [5.41, 5.74) is -1.60. The molecule has 1 aromatic carbocycles. The first-order valence-electron chi connectivity index (χ1n) is 5.56. The summed E-state index contributed by atoms with van der Waals surface area (Å²) in [4.78, 5) is 22.9. The van der Waals surface area contributed by atoms with E-state index in [0.717, 1.165) is 0 Å². The molecule has 1 unspecified atom stereocenters. The second-order valence-corrected chi connectivity index (χ2v) is 4.13. The lowest BCUT2D eigenvalue weighted by Crippen LogP contribution is -2.40. The molecule has 18 heavy (non-hydrogen) atoms. The second kappa shape index (κ2) is 5.62. The number of halogens is 1. The van der Waals surface area contributed by atoms with Gasteiger partial charge in [-0.25, -0.2) is 4.39 Å². The summed E-state index contributed by atoms with van der Waals surface area (Å²) in [5.74, 6) is -2.72. The van der Waals surface area contributed by atoms with Crippen LogP contribution in [0.25, 0.3) is 0 Å². The first kappa shape index (κ1) is 14.2. The quantitative estimate of drug-likeness (QED) is 0.645. The lowest BCUT2D eigenvalue weighted by Gasteiger charge is -2.22. The molecule has 98 valence electrons. The first-order valence-corrected chi connectivity index (χ1v) is 5.56. The number of carbonyl (C=O) groups is 2. The van der Waals surface area contributed by atoms with Crippen LogP contribution in [0.5, 0.6) is 0 Å². The summed E-state index contributed by atoms with van der Waals surface area (Å²) in [7, 11) is 0. The zero-order valence-electron chi connectivity index (χ0n) is 10.3. The van der Waals surface area contributed by atoms with Crippen molar-refractivity contribution in [3.8, 4) is 0 Å². The molecule has 0 heterocycles. The lowest BCUT2D eigenvalue weighted by atomic mass is 9.83. The highest BCUT2D eigenvalue weighted by Gasteiger charge is 2.43. The van der Waals surface area contributed by atoms with E-state index in [9.17, 15) is 14.0 Å². The zero-order valence-corrected chi connectivity index (χ0v) is 10.3. The van der Waals surface area contributed by atoms with Crippen molar-refractivity contribution in [3.05, 3.63) is 35.6 Å². The topological polar surface area (TPSA) is 63.6 Å². The van der Waals surface area contributed by atoms with Crippen LogP contribution in [0, 0.1) is 11.2 Å². The number of benzene rings is 1. The van der Waals surface area contributed by atoms with E-state index in [0.29, 0.717) is 0 Å². The second-order valence-electron chi connectivity index (χ2n) is 4.13. The standard InChI is InChI=1S/C13H15FO4/c1-3-18-12(17)13(2,11(15)16)8-9-6-4-5-7-10(9)14/h4-7H,3,8H2,1-2H3,(H,15,16). The summed E-state index contributed by atoms with van der Waals surface area (Å²) in [6.07, 6.45) is -0.242. The van der Waals surface area contributed by atoms with Crippen LogP contribution >= 0.6 is 0 Å². The van der Waals surface area contributed by atoms with Crippen LogP contribution in [0.1, 0.15) is 19.4 Å². The Morgan fingerprint density at radius 2 is 2.00 bits per heavy atom. The Labute approximate surface area is 104 Å². The van der Waals surface area contributed by atoms with E-state index in [4.69, 9.17) is 9.84 Å². The van der Waals surface area contributed by atoms with Crippen LogP contribution in [0.3, 0.4) is 0 Å². The van der Waals surface area contributed by atoms with Crippen molar-refractivity contribution in [2.75, 3.05) is 6.61 Å². The summed E-state index contributed by atoms with van der Waals surface area (Å²) in [6, 6.07) is 5.77. The van der Waals surface area contributed by atoms with Gasteiger partial charge >= 0.3 is 11.9 Å². The average Bonchev–Trinajstić information content (AvgIpc) is 2.32. The molecule has 5 heteroatoms. The van der Waals surface area contributed by atoms with Crippen LogP contribution in [0.2, 0.25) is 0 Å².